The Morgan fingerprint density at radius 3 is 2.56 bits per heavy atom. The molecule has 4 heteroatoms. The minimum absolute atomic E-state index is 0.974. The molecule has 104 valence electrons. The van der Waals surface area contributed by atoms with E-state index in [9.17, 15) is 0 Å². The van der Waals surface area contributed by atoms with Crippen LogP contribution in [0.25, 0.3) is 0 Å². The maximum absolute atomic E-state index is 4.64. The third-order valence-corrected chi connectivity index (χ3v) is 3.27. The van der Waals surface area contributed by atoms with Gasteiger partial charge in [-0.15, -0.1) is 0 Å². The molecule has 0 aliphatic rings. The summed E-state index contributed by atoms with van der Waals surface area (Å²) < 4.78 is 2.14. The minimum atomic E-state index is 0.974. The third kappa shape index (κ3) is 4.42. The van der Waals surface area contributed by atoms with E-state index in [0.29, 0.717) is 0 Å². The first-order chi connectivity index (χ1) is 8.56. The molecular formula is C14H28N4. The number of likely N-dealkylation sites (N-methyl/N-ethyl adjacent to an activating group) is 1. The van der Waals surface area contributed by atoms with E-state index in [2.05, 4.69) is 54.9 Å². The van der Waals surface area contributed by atoms with Crippen LogP contribution in [-0.4, -0.2) is 48.4 Å². The number of aryl methyl sites for hydroxylation is 1. The highest BCUT2D eigenvalue weighted by Gasteiger charge is 2.10. The van der Waals surface area contributed by atoms with Crippen molar-refractivity contribution in [2.24, 2.45) is 0 Å². The predicted molar refractivity (Wildman–Crippen MR) is 77.1 cm³/mol. The van der Waals surface area contributed by atoms with Gasteiger partial charge in [0, 0.05) is 12.2 Å². The maximum atomic E-state index is 4.64. The molecule has 0 fully saturated rings. The Morgan fingerprint density at radius 1 is 1.22 bits per heavy atom. The van der Waals surface area contributed by atoms with E-state index in [1.54, 1.807) is 0 Å². The largest absolute Gasteiger partial charge is 0.316 e. The zero-order valence-corrected chi connectivity index (χ0v) is 12.6. The number of hydrogen-bond donors (Lipinski definition) is 1. The summed E-state index contributed by atoms with van der Waals surface area (Å²) >= 11 is 0. The van der Waals surface area contributed by atoms with E-state index in [0.717, 1.165) is 32.6 Å². The van der Waals surface area contributed by atoms with Crippen molar-refractivity contribution in [1.82, 2.24) is 20.0 Å². The average molecular weight is 252 g/mol. The Balaban J connectivity index is 2.57. The topological polar surface area (TPSA) is 33.1 Å². The fraction of sp³-hybridized carbons (Fsp3) is 0.786. The van der Waals surface area contributed by atoms with E-state index in [1.165, 1.54) is 23.4 Å². The molecule has 0 amide bonds. The summed E-state index contributed by atoms with van der Waals surface area (Å²) in [5.41, 5.74) is 3.93. The van der Waals surface area contributed by atoms with Crippen molar-refractivity contribution in [2.45, 2.75) is 40.2 Å². The molecule has 18 heavy (non-hydrogen) atoms. The van der Waals surface area contributed by atoms with Gasteiger partial charge >= 0.3 is 0 Å². The van der Waals surface area contributed by atoms with Crippen molar-refractivity contribution in [1.29, 1.82) is 0 Å². The molecule has 0 saturated carbocycles. The zero-order chi connectivity index (χ0) is 13.5. The molecule has 0 spiro atoms. The number of aromatic nitrogens is 2. The van der Waals surface area contributed by atoms with Crippen molar-refractivity contribution >= 4 is 0 Å². The maximum Gasteiger partial charge on any atom is 0.0628 e. The van der Waals surface area contributed by atoms with Gasteiger partial charge in [0.25, 0.3) is 0 Å². The lowest BCUT2D eigenvalue weighted by molar-refractivity contribution is 0.370. The van der Waals surface area contributed by atoms with Crippen LogP contribution in [-0.2, 0) is 13.0 Å². The third-order valence-electron chi connectivity index (χ3n) is 3.27. The molecule has 1 N–H and O–H groups in total. The second-order valence-corrected chi connectivity index (χ2v) is 5.18. The number of rotatable bonds is 8. The van der Waals surface area contributed by atoms with Gasteiger partial charge in [-0.05, 0) is 59.4 Å². The van der Waals surface area contributed by atoms with Crippen LogP contribution in [0.3, 0.4) is 0 Å². The van der Waals surface area contributed by atoms with Crippen LogP contribution in [0, 0.1) is 13.8 Å². The molecule has 0 saturated heterocycles. The fourth-order valence-corrected chi connectivity index (χ4v) is 2.12. The molecule has 4 nitrogen and oxygen atoms in total. The van der Waals surface area contributed by atoms with Crippen LogP contribution in [0.2, 0.25) is 0 Å². The highest BCUT2D eigenvalue weighted by Crippen LogP contribution is 2.13. The molecule has 1 aromatic rings. The standard InChI is InChI=1S/C14H28N4/c1-6-8-15-9-7-14-12(2)16-18(13(14)3)11-10-17(4)5/h15H,6-11H2,1-5H3. The molecule has 0 aliphatic heterocycles. The second-order valence-electron chi connectivity index (χ2n) is 5.18. The highest BCUT2D eigenvalue weighted by molar-refractivity contribution is 5.24. The van der Waals surface area contributed by atoms with Crippen LogP contribution < -0.4 is 5.32 Å². The van der Waals surface area contributed by atoms with Gasteiger partial charge in [-0.3, -0.25) is 4.68 Å². The molecule has 1 heterocycles. The van der Waals surface area contributed by atoms with E-state index in [1.807, 2.05) is 0 Å². The van der Waals surface area contributed by atoms with Gasteiger partial charge in [0.1, 0.15) is 0 Å². The van der Waals surface area contributed by atoms with E-state index in [4.69, 9.17) is 0 Å². The van der Waals surface area contributed by atoms with Crippen LogP contribution in [0.1, 0.15) is 30.3 Å². The smallest absolute Gasteiger partial charge is 0.0628 e. The molecule has 0 radical (unpaired) electrons. The number of nitrogens with one attached hydrogen (secondary N) is 1. The lowest BCUT2D eigenvalue weighted by Gasteiger charge is -2.10. The first-order valence-electron chi connectivity index (χ1n) is 6.94. The first-order valence-corrected chi connectivity index (χ1v) is 6.94. The summed E-state index contributed by atoms with van der Waals surface area (Å²) in [6.07, 6.45) is 2.28. The summed E-state index contributed by atoms with van der Waals surface area (Å²) in [5, 5.41) is 8.10. The lowest BCUT2D eigenvalue weighted by Crippen LogP contribution is -2.20. The summed E-state index contributed by atoms with van der Waals surface area (Å²) in [6.45, 7) is 10.7. The van der Waals surface area contributed by atoms with Gasteiger partial charge in [-0.25, -0.2) is 0 Å². The number of hydrogen-bond acceptors (Lipinski definition) is 3. The van der Waals surface area contributed by atoms with E-state index < -0.39 is 0 Å². The lowest BCUT2D eigenvalue weighted by atomic mass is 10.1. The van der Waals surface area contributed by atoms with E-state index in [-0.39, 0.29) is 0 Å². The van der Waals surface area contributed by atoms with Gasteiger partial charge in [0.05, 0.1) is 12.2 Å². The molecule has 0 aromatic carbocycles. The summed E-state index contributed by atoms with van der Waals surface area (Å²) in [5.74, 6) is 0. The first kappa shape index (κ1) is 15.2. The Hall–Kier alpha value is -0.870. The second kappa shape index (κ2) is 7.54. The number of nitrogens with zero attached hydrogens (tertiary/aromatic N) is 3. The van der Waals surface area contributed by atoms with Crippen molar-refractivity contribution in [3.8, 4) is 0 Å². The molecular weight excluding hydrogens is 224 g/mol. The summed E-state index contributed by atoms with van der Waals surface area (Å²) in [7, 11) is 4.20. The Kier molecular flexibility index (Phi) is 6.36. The van der Waals surface area contributed by atoms with Crippen LogP contribution in [0.5, 0.6) is 0 Å². The van der Waals surface area contributed by atoms with Crippen LogP contribution in [0.4, 0.5) is 0 Å². The van der Waals surface area contributed by atoms with Gasteiger partial charge in [0.15, 0.2) is 0 Å². The van der Waals surface area contributed by atoms with Gasteiger partial charge in [-0.2, -0.15) is 5.10 Å². The Bertz CT molecular complexity index is 355. The van der Waals surface area contributed by atoms with Crippen molar-refractivity contribution < 1.29 is 0 Å². The van der Waals surface area contributed by atoms with Gasteiger partial charge in [-0.1, -0.05) is 6.92 Å². The van der Waals surface area contributed by atoms with Crippen LogP contribution in [0.15, 0.2) is 0 Å². The van der Waals surface area contributed by atoms with Gasteiger partial charge in [0.2, 0.25) is 0 Å². The predicted octanol–water partition coefficient (Wildman–Crippen LogP) is 1.60. The minimum Gasteiger partial charge on any atom is -0.316 e. The molecule has 1 aromatic heterocycles. The van der Waals surface area contributed by atoms with E-state index >= 15 is 0 Å². The Morgan fingerprint density at radius 2 is 1.94 bits per heavy atom. The summed E-state index contributed by atoms with van der Waals surface area (Å²) in [4.78, 5) is 2.19. The molecule has 1 rings (SSSR count). The molecule has 0 aliphatic carbocycles. The van der Waals surface area contributed by atoms with Crippen molar-refractivity contribution in [3.63, 3.8) is 0 Å². The normalized spacial score (nSPS) is 11.4. The zero-order valence-electron chi connectivity index (χ0n) is 12.6. The molecule has 0 bridgehead atoms. The van der Waals surface area contributed by atoms with Crippen LogP contribution >= 0.6 is 0 Å². The molecule has 0 atom stereocenters. The SMILES string of the molecule is CCCNCCc1c(C)nn(CCN(C)C)c1C. The Labute approximate surface area is 111 Å². The summed E-state index contributed by atoms with van der Waals surface area (Å²) in [6, 6.07) is 0. The quantitative estimate of drug-likeness (QED) is 0.714. The van der Waals surface area contributed by atoms with Crippen molar-refractivity contribution in [3.05, 3.63) is 17.0 Å². The monoisotopic (exact) mass is 252 g/mol. The average Bonchev–Trinajstić information content (AvgIpc) is 2.58. The van der Waals surface area contributed by atoms with Gasteiger partial charge < -0.3 is 10.2 Å². The highest BCUT2D eigenvalue weighted by atomic mass is 15.3. The van der Waals surface area contributed by atoms with Crippen molar-refractivity contribution in [2.75, 3.05) is 33.7 Å². The fourth-order valence-electron chi connectivity index (χ4n) is 2.12. The molecule has 0 unspecified atom stereocenters.